The molecule has 98 valence electrons. The summed E-state index contributed by atoms with van der Waals surface area (Å²) in [6.07, 6.45) is 1.65. The number of carbonyl (C=O) groups is 1. The van der Waals surface area contributed by atoms with Gasteiger partial charge in [0.1, 0.15) is 11.6 Å². The number of nitrogens with zero attached hydrogens (tertiary/aromatic N) is 3. The summed E-state index contributed by atoms with van der Waals surface area (Å²) in [6, 6.07) is 5.29. The first-order valence-electron chi connectivity index (χ1n) is 5.72. The predicted molar refractivity (Wildman–Crippen MR) is 70.9 cm³/mol. The van der Waals surface area contributed by atoms with Crippen molar-refractivity contribution < 1.29 is 9.53 Å². The lowest BCUT2D eigenvalue weighted by atomic mass is 10.2. The van der Waals surface area contributed by atoms with Crippen LogP contribution in [0.4, 0.5) is 5.82 Å². The highest BCUT2D eigenvalue weighted by Gasteiger charge is 2.05. The van der Waals surface area contributed by atoms with E-state index >= 15 is 0 Å². The molecule has 1 N–H and O–H groups in total. The van der Waals surface area contributed by atoms with Crippen molar-refractivity contribution in [2.75, 3.05) is 12.4 Å². The van der Waals surface area contributed by atoms with Crippen LogP contribution in [-0.4, -0.2) is 28.0 Å². The SMILES string of the molecule is COc1cc(-c2ccc(NC(C)=O)nc2)nc(C)n1. The first-order chi connectivity index (χ1) is 9.08. The number of ether oxygens (including phenoxy) is 1. The molecule has 0 spiro atoms. The number of pyridine rings is 1. The Labute approximate surface area is 110 Å². The highest BCUT2D eigenvalue weighted by atomic mass is 16.5. The van der Waals surface area contributed by atoms with Crippen LogP contribution in [-0.2, 0) is 4.79 Å². The van der Waals surface area contributed by atoms with Crippen molar-refractivity contribution in [1.29, 1.82) is 0 Å². The molecule has 0 saturated heterocycles. The minimum Gasteiger partial charge on any atom is -0.481 e. The first-order valence-corrected chi connectivity index (χ1v) is 5.72. The average molecular weight is 258 g/mol. The highest BCUT2D eigenvalue weighted by molar-refractivity contribution is 5.87. The van der Waals surface area contributed by atoms with Crippen LogP contribution < -0.4 is 10.1 Å². The first kappa shape index (κ1) is 12.9. The Morgan fingerprint density at radius 3 is 2.68 bits per heavy atom. The number of methoxy groups -OCH3 is 1. The summed E-state index contributed by atoms with van der Waals surface area (Å²) in [6.45, 7) is 3.24. The van der Waals surface area contributed by atoms with E-state index < -0.39 is 0 Å². The molecule has 0 fully saturated rings. The van der Waals surface area contributed by atoms with Crippen LogP contribution >= 0.6 is 0 Å². The van der Waals surface area contributed by atoms with Crippen LogP contribution in [0.15, 0.2) is 24.4 Å². The number of hydrogen-bond acceptors (Lipinski definition) is 5. The fourth-order valence-corrected chi connectivity index (χ4v) is 1.59. The van der Waals surface area contributed by atoms with Gasteiger partial charge in [-0.05, 0) is 19.1 Å². The molecule has 6 heteroatoms. The normalized spacial score (nSPS) is 10.1. The van der Waals surface area contributed by atoms with Crippen molar-refractivity contribution in [3.63, 3.8) is 0 Å². The van der Waals surface area contributed by atoms with Gasteiger partial charge >= 0.3 is 0 Å². The molecule has 0 bridgehead atoms. The van der Waals surface area contributed by atoms with Gasteiger partial charge < -0.3 is 10.1 Å². The van der Waals surface area contributed by atoms with Crippen molar-refractivity contribution >= 4 is 11.7 Å². The van der Waals surface area contributed by atoms with Gasteiger partial charge in [-0.1, -0.05) is 0 Å². The molecule has 0 atom stereocenters. The number of nitrogens with one attached hydrogen (secondary N) is 1. The minimum atomic E-state index is -0.153. The van der Waals surface area contributed by atoms with Gasteiger partial charge in [-0.25, -0.2) is 9.97 Å². The number of hydrogen-bond donors (Lipinski definition) is 1. The van der Waals surface area contributed by atoms with Gasteiger partial charge in [0.15, 0.2) is 0 Å². The molecule has 19 heavy (non-hydrogen) atoms. The van der Waals surface area contributed by atoms with Crippen LogP contribution in [0.3, 0.4) is 0 Å². The number of aromatic nitrogens is 3. The summed E-state index contributed by atoms with van der Waals surface area (Å²) in [4.78, 5) is 23.5. The van der Waals surface area contributed by atoms with Crippen molar-refractivity contribution in [3.8, 4) is 17.1 Å². The Hall–Kier alpha value is -2.50. The number of anilines is 1. The summed E-state index contributed by atoms with van der Waals surface area (Å²) < 4.78 is 5.11. The van der Waals surface area contributed by atoms with E-state index in [1.807, 2.05) is 6.07 Å². The zero-order valence-electron chi connectivity index (χ0n) is 11.0. The Balaban J connectivity index is 2.31. The van der Waals surface area contributed by atoms with Crippen LogP contribution in [0, 0.1) is 6.92 Å². The highest BCUT2D eigenvalue weighted by Crippen LogP contribution is 2.21. The monoisotopic (exact) mass is 258 g/mol. The Morgan fingerprint density at radius 1 is 1.32 bits per heavy atom. The minimum absolute atomic E-state index is 0.153. The number of aryl methyl sites for hydroxylation is 1. The van der Waals surface area contributed by atoms with Crippen LogP contribution in [0.5, 0.6) is 5.88 Å². The van der Waals surface area contributed by atoms with Gasteiger partial charge in [0.25, 0.3) is 0 Å². The smallest absolute Gasteiger partial charge is 0.222 e. The second kappa shape index (κ2) is 5.43. The zero-order valence-corrected chi connectivity index (χ0v) is 11.0. The fraction of sp³-hybridized carbons (Fsp3) is 0.231. The summed E-state index contributed by atoms with van der Waals surface area (Å²) in [5, 5.41) is 2.61. The van der Waals surface area contributed by atoms with Crippen molar-refractivity contribution in [2.45, 2.75) is 13.8 Å². The van der Waals surface area contributed by atoms with Gasteiger partial charge in [0.2, 0.25) is 11.8 Å². The molecule has 6 nitrogen and oxygen atoms in total. The third-order valence-corrected chi connectivity index (χ3v) is 2.39. The number of amides is 1. The molecule has 1 amide bonds. The molecule has 0 aliphatic heterocycles. The quantitative estimate of drug-likeness (QED) is 0.908. The average Bonchev–Trinajstić information content (AvgIpc) is 2.38. The standard InChI is InChI=1S/C13H14N4O2/c1-8-15-11(6-13(16-8)19-3)10-4-5-12(14-7-10)17-9(2)18/h4-7H,1-3H3,(H,14,17,18). The molecular formula is C13H14N4O2. The largest absolute Gasteiger partial charge is 0.481 e. The van der Waals surface area contributed by atoms with Gasteiger partial charge in [-0.3, -0.25) is 4.79 Å². The fourth-order valence-electron chi connectivity index (χ4n) is 1.59. The Morgan fingerprint density at radius 2 is 2.11 bits per heavy atom. The molecule has 0 radical (unpaired) electrons. The molecule has 0 aliphatic carbocycles. The molecule has 0 saturated carbocycles. The van der Waals surface area contributed by atoms with E-state index in [-0.39, 0.29) is 5.91 Å². The third kappa shape index (κ3) is 3.25. The zero-order chi connectivity index (χ0) is 13.8. The predicted octanol–water partition coefficient (Wildman–Crippen LogP) is 1.81. The summed E-state index contributed by atoms with van der Waals surface area (Å²) in [5.74, 6) is 1.49. The van der Waals surface area contributed by atoms with Crippen LogP contribution in [0.25, 0.3) is 11.3 Å². The van der Waals surface area contributed by atoms with Crippen LogP contribution in [0.1, 0.15) is 12.7 Å². The number of rotatable bonds is 3. The summed E-state index contributed by atoms with van der Waals surface area (Å²) >= 11 is 0. The van der Waals surface area contributed by atoms with Crippen molar-refractivity contribution in [1.82, 2.24) is 15.0 Å². The van der Waals surface area contributed by atoms with Gasteiger partial charge in [0, 0.05) is 24.8 Å². The molecule has 2 heterocycles. The molecule has 2 rings (SSSR count). The van der Waals surface area contributed by atoms with E-state index in [0.717, 1.165) is 11.3 Å². The number of carbonyl (C=O) groups excluding carboxylic acids is 1. The van der Waals surface area contributed by atoms with E-state index in [9.17, 15) is 4.79 Å². The third-order valence-electron chi connectivity index (χ3n) is 2.39. The molecule has 0 aliphatic rings. The molecule has 2 aromatic rings. The Bertz CT molecular complexity index is 596. The van der Waals surface area contributed by atoms with Gasteiger partial charge in [0.05, 0.1) is 12.8 Å². The molecular weight excluding hydrogens is 244 g/mol. The van der Waals surface area contributed by atoms with Gasteiger partial charge in [-0.2, -0.15) is 4.98 Å². The van der Waals surface area contributed by atoms with Crippen LogP contribution in [0.2, 0.25) is 0 Å². The lowest BCUT2D eigenvalue weighted by Crippen LogP contribution is -2.07. The maximum absolute atomic E-state index is 10.9. The lowest BCUT2D eigenvalue weighted by Gasteiger charge is -2.06. The van der Waals surface area contributed by atoms with E-state index in [1.165, 1.54) is 6.92 Å². The Kier molecular flexibility index (Phi) is 3.70. The van der Waals surface area contributed by atoms with E-state index in [2.05, 4.69) is 20.3 Å². The van der Waals surface area contributed by atoms with Gasteiger partial charge in [-0.15, -0.1) is 0 Å². The maximum atomic E-state index is 10.9. The van der Waals surface area contributed by atoms with Crippen molar-refractivity contribution in [3.05, 3.63) is 30.2 Å². The summed E-state index contributed by atoms with van der Waals surface area (Å²) in [7, 11) is 1.56. The van der Waals surface area contributed by atoms with E-state index in [0.29, 0.717) is 17.5 Å². The second-order valence-corrected chi connectivity index (χ2v) is 3.96. The maximum Gasteiger partial charge on any atom is 0.222 e. The molecule has 0 unspecified atom stereocenters. The van der Waals surface area contributed by atoms with E-state index in [1.54, 1.807) is 32.4 Å². The topological polar surface area (TPSA) is 77.0 Å². The molecule has 0 aromatic carbocycles. The van der Waals surface area contributed by atoms with E-state index in [4.69, 9.17) is 4.74 Å². The lowest BCUT2D eigenvalue weighted by molar-refractivity contribution is -0.114. The van der Waals surface area contributed by atoms with Crippen molar-refractivity contribution in [2.24, 2.45) is 0 Å². The second-order valence-electron chi connectivity index (χ2n) is 3.96. The molecule has 2 aromatic heterocycles. The summed E-state index contributed by atoms with van der Waals surface area (Å²) in [5.41, 5.74) is 1.56.